The highest BCUT2D eigenvalue weighted by molar-refractivity contribution is 6.31. The van der Waals surface area contributed by atoms with Gasteiger partial charge in [-0.1, -0.05) is 43.0 Å². The lowest BCUT2D eigenvalue weighted by Crippen LogP contribution is -2.38. The monoisotopic (exact) mass is 314 g/mol. The van der Waals surface area contributed by atoms with Crippen LogP contribution in [0.4, 0.5) is 4.39 Å². The zero-order valence-electron chi connectivity index (χ0n) is 12.5. The fraction of sp³-hybridized carbons (Fsp3) is 0.647. The summed E-state index contributed by atoms with van der Waals surface area (Å²) < 4.78 is 19.3. The van der Waals surface area contributed by atoms with Gasteiger partial charge in [0.05, 0.1) is 17.2 Å². The molecule has 2 unspecified atom stereocenters. The first kappa shape index (κ1) is 16.7. The molecule has 0 heterocycles. The van der Waals surface area contributed by atoms with Gasteiger partial charge in [0.2, 0.25) is 0 Å². The molecular formula is C17H24ClFO2. The van der Waals surface area contributed by atoms with Gasteiger partial charge in [-0.15, -0.1) is 0 Å². The zero-order chi connectivity index (χ0) is 15.2. The minimum Gasteiger partial charge on any atom is -0.390 e. The summed E-state index contributed by atoms with van der Waals surface area (Å²) in [6, 6.07) is 4.72. The smallest absolute Gasteiger partial charge is 0.142 e. The van der Waals surface area contributed by atoms with E-state index in [1.807, 2.05) is 6.92 Å². The van der Waals surface area contributed by atoms with Crippen molar-refractivity contribution in [2.75, 3.05) is 6.61 Å². The van der Waals surface area contributed by atoms with E-state index in [1.165, 1.54) is 25.3 Å². The summed E-state index contributed by atoms with van der Waals surface area (Å²) in [5, 5.41) is 10.7. The quantitative estimate of drug-likeness (QED) is 0.845. The SMILES string of the molecule is CCOC(C(O)Cc1cccc(F)c1Cl)C1CCCCC1. The molecule has 0 aromatic heterocycles. The van der Waals surface area contributed by atoms with E-state index in [2.05, 4.69) is 0 Å². The van der Waals surface area contributed by atoms with Crippen LogP contribution in [0.15, 0.2) is 18.2 Å². The third-order valence-electron chi connectivity index (χ3n) is 4.31. The summed E-state index contributed by atoms with van der Waals surface area (Å²) >= 11 is 5.98. The van der Waals surface area contributed by atoms with Gasteiger partial charge < -0.3 is 9.84 Å². The Bertz CT molecular complexity index is 446. The first-order valence-electron chi connectivity index (χ1n) is 7.86. The Labute approximate surface area is 131 Å². The number of aliphatic hydroxyl groups is 1. The molecule has 2 rings (SSSR count). The van der Waals surface area contributed by atoms with E-state index in [-0.39, 0.29) is 11.1 Å². The second-order valence-electron chi connectivity index (χ2n) is 5.80. The van der Waals surface area contributed by atoms with Gasteiger partial charge in [0.25, 0.3) is 0 Å². The van der Waals surface area contributed by atoms with Gasteiger partial charge >= 0.3 is 0 Å². The molecule has 4 heteroatoms. The number of hydrogen-bond donors (Lipinski definition) is 1. The van der Waals surface area contributed by atoms with E-state index < -0.39 is 11.9 Å². The van der Waals surface area contributed by atoms with Gasteiger partial charge in [-0.05, 0) is 37.3 Å². The van der Waals surface area contributed by atoms with Crippen molar-refractivity contribution in [3.63, 3.8) is 0 Å². The Morgan fingerprint density at radius 3 is 2.71 bits per heavy atom. The topological polar surface area (TPSA) is 29.5 Å². The molecule has 1 N–H and O–H groups in total. The van der Waals surface area contributed by atoms with Gasteiger partial charge in [0, 0.05) is 13.0 Å². The van der Waals surface area contributed by atoms with Crippen molar-refractivity contribution in [2.45, 2.75) is 57.7 Å². The maximum Gasteiger partial charge on any atom is 0.142 e. The number of benzene rings is 1. The van der Waals surface area contributed by atoms with Crippen molar-refractivity contribution < 1.29 is 14.2 Å². The summed E-state index contributed by atoms with van der Waals surface area (Å²) in [5.74, 6) is -0.0481. The molecule has 1 aromatic carbocycles. The van der Waals surface area contributed by atoms with Crippen LogP contribution in [0.1, 0.15) is 44.6 Å². The predicted molar refractivity (Wildman–Crippen MR) is 83.1 cm³/mol. The number of halogens is 2. The molecule has 2 atom stereocenters. The lowest BCUT2D eigenvalue weighted by atomic mass is 9.82. The first-order chi connectivity index (χ1) is 10.1. The lowest BCUT2D eigenvalue weighted by Gasteiger charge is -2.33. The maximum absolute atomic E-state index is 13.5. The molecule has 0 radical (unpaired) electrons. The van der Waals surface area contributed by atoms with Gasteiger partial charge in [0.1, 0.15) is 5.82 Å². The molecule has 1 saturated carbocycles. The van der Waals surface area contributed by atoms with Gasteiger partial charge in [-0.25, -0.2) is 4.39 Å². The van der Waals surface area contributed by atoms with Crippen molar-refractivity contribution in [1.82, 2.24) is 0 Å². The first-order valence-corrected chi connectivity index (χ1v) is 8.23. The predicted octanol–water partition coefficient (Wildman–Crippen LogP) is 4.37. The van der Waals surface area contributed by atoms with Crippen molar-refractivity contribution >= 4 is 11.6 Å². The largest absolute Gasteiger partial charge is 0.390 e. The lowest BCUT2D eigenvalue weighted by molar-refractivity contribution is -0.0715. The van der Waals surface area contributed by atoms with Crippen LogP contribution in [0.5, 0.6) is 0 Å². The molecule has 1 fully saturated rings. The third kappa shape index (κ3) is 4.41. The van der Waals surface area contributed by atoms with Crippen LogP contribution in [-0.2, 0) is 11.2 Å². The molecule has 1 aromatic rings. The van der Waals surface area contributed by atoms with Crippen LogP contribution >= 0.6 is 11.6 Å². The van der Waals surface area contributed by atoms with Crippen LogP contribution in [0, 0.1) is 11.7 Å². The fourth-order valence-electron chi connectivity index (χ4n) is 3.26. The Morgan fingerprint density at radius 2 is 2.05 bits per heavy atom. The van der Waals surface area contributed by atoms with Crippen molar-refractivity contribution in [3.8, 4) is 0 Å². The third-order valence-corrected chi connectivity index (χ3v) is 4.74. The Balaban J connectivity index is 2.07. The Hall–Kier alpha value is -0.640. The van der Waals surface area contributed by atoms with Crippen LogP contribution in [-0.4, -0.2) is 23.9 Å². The zero-order valence-corrected chi connectivity index (χ0v) is 13.3. The maximum atomic E-state index is 13.5. The van der Waals surface area contributed by atoms with Crippen molar-refractivity contribution in [3.05, 3.63) is 34.6 Å². The molecule has 0 amide bonds. The van der Waals surface area contributed by atoms with E-state index in [4.69, 9.17) is 16.3 Å². The summed E-state index contributed by atoms with van der Waals surface area (Å²) in [5.41, 5.74) is 0.643. The molecule has 1 aliphatic rings. The molecule has 0 spiro atoms. The van der Waals surface area contributed by atoms with E-state index in [0.717, 1.165) is 12.8 Å². The van der Waals surface area contributed by atoms with Gasteiger partial charge in [-0.3, -0.25) is 0 Å². The summed E-state index contributed by atoms with van der Waals surface area (Å²) in [7, 11) is 0. The molecule has 1 aliphatic carbocycles. The Morgan fingerprint density at radius 1 is 1.33 bits per heavy atom. The van der Waals surface area contributed by atoms with Crippen LogP contribution < -0.4 is 0 Å². The molecule has 0 saturated heterocycles. The van der Waals surface area contributed by atoms with Gasteiger partial charge in [-0.2, -0.15) is 0 Å². The minimum atomic E-state index is -0.646. The summed E-state index contributed by atoms with van der Waals surface area (Å²) in [6.45, 7) is 2.52. The molecule has 0 aliphatic heterocycles. The molecule has 21 heavy (non-hydrogen) atoms. The second kappa shape index (κ2) is 8.11. The highest BCUT2D eigenvalue weighted by Crippen LogP contribution is 2.31. The van der Waals surface area contributed by atoms with Gasteiger partial charge in [0.15, 0.2) is 0 Å². The number of rotatable bonds is 6. The Kier molecular flexibility index (Phi) is 6.46. The second-order valence-corrected chi connectivity index (χ2v) is 6.18. The van der Waals surface area contributed by atoms with Crippen LogP contribution in [0.3, 0.4) is 0 Å². The average molecular weight is 315 g/mol. The number of hydrogen-bond acceptors (Lipinski definition) is 2. The van der Waals surface area contributed by atoms with Crippen molar-refractivity contribution in [2.24, 2.45) is 5.92 Å². The van der Waals surface area contributed by atoms with E-state index >= 15 is 0 Å². The molecule has 118 valence electrons. The highest BCUT2D eigenvalue weighted by atomic mass is 35.5. The fourth-order valence-corrected chi connectivity index (χ4v) is 3.47. The van der Waals surface area contributed by atoms with Crippen LogP contribution in [0.2, 0.25) is 5.02 Å². The average Bonchev–Trinajstić information content (AvgIpc) is 2.50. The normalized spacial score (nSPS) is 19.4. The molecule has 0 bridgehead atoms. The van der Waals surface area contributed by atoms with Crippen LogP contribution in [0.25, 0.3) is 0 Å². The summed E-state index contributed by atoms with van der Waals surface area (Å²) in [4.78, 5) is 0. The van der Waals surface area contributed by atoms with E-state index in [0.29, 0.717) is 24.5 Å². The standard InChI is InChI=1S/C17H24ClFO2/c1-2-21-17(12-7-4-3-5-8-12)15(20)11-13-9-6-10-14(19)16(13)18/h6,9-10,12,15,17,20H,2-5,7-8,11H2,1H3. The number of ether oxygens (including phenoxy) is 1. The van der Waals surface area contributed by atoms with E-state index in [1.54, 1.807) is 12.1 Å². The molecular weight excluding hydrogens is 291 g/mol. The van der Waals surface area contributed by atoms with E-state index in [9.17, 15) is 9.50 Å². The summed E-state index contributed by atoms with van der Waals surface area (Å²) in [6.07, 6.45) is 5.35. The highest BCUT2D eigenvalue weighted by Gasteiger charge is 2.30. The number of aliphatic hydroxyl groups excluding tert-OH is 1. The molecule has 2 nitrogen and oxygen atoms in total. The minimum absolute atomic E-state index is 0.107. The van der Waals surface area contributed by atoms with Crippen molar-refractivity contribution in [1.29, 1.82) is 0 Å².